The summed E-state index contributed by atoms with van der Waals surface area (Å²) in [4.78, 5) is 15.0. The molecule has 0 aromatic heterocycles. The minimum Gasteiger partial charge on any atom is -0.399 e. The summed E-state index contributed by atoms with van der Waals surface area (Å²) in [6.45, 7) is 2.89. The minimum absolute atomic E-state index is 0. The van der Waals surface area contributed by atoms with Crippen LogP contribution in [0.2, 0.25) is 0 Å². The number of anilines is 1. The Hall–Kier alpha value is -2.00. The van der Waals surface area contributed by atoms with Gasteiger partial charge in [0, 0.05) is 24.7 Å². The molecule has 1 fully saturated rings. The normalized spacial score (nSPS) is 14.4. The van der Waals surface area contributed by atoms with Gasteiger partial charge in [0.25, 0.3) is 0 Å². The van der Waals surface area contributed by atoms with Crippen molar-refractivity contribution >= 4 is 24.0 Å². The van der Waals surface area contributed by atoms with Gasteiger partial charge in [0.05, 0.1) is 0 Å². The van der Waals surface area contributed by atoms with Crippen molar-refractivity contribution in [1.82, 2.24) is 4.90 Å². The number of amides is 1. The molecule has 1 unspecified atom stereocenters. The molecule has 3 rings (SSSR count). The van der Waals surface area contributed by atoms with Gasteiger partial charge in [-0.15, -0.1) is 12.4 Å². The molecule has 0 bridgehead atoms. The van der Waals surface area contributed by atoms with Crippen molar-refractivity contribution in [2.24, 2.45) is 5.92 Å². The van der Waals surface area contributed by atoms with E-state index in [9.17, 15) is 4.79 Å². The van der Waals surface area contributed by atoms with Crippen LogP contribution in [0.25, 0.3) is 0 Å². The van der Waals surface area contributed by atoms with Crippen molar-refractivity contribution in [2.45, 2.75) is 45.2 Å². The first-order chi connectivity index (χ1) is 11.6. The van der Waals surface area contributed by atoms with Crippen LogP contribution in [0.15, 0.2) is 54.6 Å². The van der Waals surface area contributed by atoms with Gasteiger partial charge in [0.2, 0.25) is 5.91 Å². The van der Waals surface area contributed by atoms with E-state index in [1.165, 1.54) is 18.4 Å². The summed E-state index contributed by atoms with van der Waals surface area (Å²) in [5.41, 5.74) is 9.02. The van der Waals surface area contributed by atoms with Crippen LogP contribution >= 0.6 is 12.4 Å². The molecule has 0 aliphatic heterocycles. The number of carbonyl (C=O) groups excluding carboxylic acids is 1. The predicted molar refractivity (Wildman–Crippen MR) is 106 cm³/mol. The molecule has 0 saturated heterocycles. The number of nitrogen functional groups attached to an aromatic ring is 1. The molecular weight excluding hydrogens is 332 g/mol. The summed E-state index contributed by atoms with van der Waals surface area (Å²) in [6, 6.07) is 18.4. The number of nitrogens with two attached hydrogens (primary N) is 1. The monoisotopic (exact) mass is 358 g/mol. The number of carbonyl (C=O) groups is 1. The molecule has 4 heteroatoms. The SMILES string of the molecule is CC(C1CC1)N(Cc1ccccc1)C(=O)CCc1ccccc1N.Cl. The molecule has 25 heavy (non-hydrogen) atoms. The van der Waals surface area contributed by atoms with E-state index in [2.05, 4.69) is 24.0 Å². The number of hydrogen-bond donors (Lipinski definition) is 1. The van der Waals surface area contributed by atoms with Crippen molar-refractivity contribution < 1.29 is 4.79 Å². The van der Waals surface area contributed by atoms with E-state index in [1.54, 1.807) is 0 Å². The number of hydrogen-bond acceptors (Lipinski definition) is 2. The highest BCUT2D eigenvalue weighted by Crippen LogP contribution is 2.36. The molecule has 2 N–H and O–H groups in total. The predicted octanol–water partition coefficient (Wildman–Crippen LogP) is 4.45. The van der Waals surface area contributed by atoms with Gasteiger partial charge in [-0.05, 0) is 49.3 Å². The first kappa shape index (κ1) is 19.3. The zero-order valence-electron chi connectivity index (χ0n) is 14.7. The Morgan fingerprint density at radius 2 is 1.76 bits per heavy atom. The van der Waals surface area contributed by atoms with Crippen LogP contribution in [-0.2, 0) is 17.8 Å². The second-order valence-corrected chi connectivity index (χ2v) is 6.78. The molecule has 1 aliphatic rings. The largest absolute Gasteiger partial charge is 0.399 e. The molecule has 2 aromatic rings. The lowest BCUT2D eigenvalue weighted by Gasteiger charge is -2.30. The molecule has 0 radical (unpaired) electrons. The van der Waals surface area contributed by atoms with Crippen LogP contribution in [-0.4, -0.2) is 16.8 Å². The van der Waals surface area contributed by atoms with Crippen molar-refractivity contribution in [3.05, 3.63) is 65.7 Å². The fourth-order valence-electron chi connectivity index (χ4n) is 3.22. The zero-order chi connectivity index (χ0) is 16.9. The molecule has 1 aliphatic carbocycles. The molecular formula is C21H27ClN2O. The van der Waals surface area contributed by atoms with Gasteiger partial charge in [-0.25, -0.2) is 0 Å². The molecule has 3 nitrogen and oxygen atoms in total. The molecule has 1 saturated carbocycles. The molecule has 2 aromatic carbocycles. The molecule has 0 spiro atoms. The van der Waals surface area contributed by atoms with Gasteiger partial charge in [-0.1, -0.05) is 48.5 Å². The smallest absolute Gasteiger partial charge is 0.223 e. The van der Waals surface area contributed by atoms with Crippen LogP contribution in [0.3, 0.4) is 0 Å². The zero-order valence-corrected chi connectivity index (χ0v) is 15.5. The Bertz CT molecular complexity index is 685. The molecule has 1 amide bonds. The first-order valence-corrected chi connectivity index (χ1v) is 8.82. The van der Waals surface area contributed by atoms with E-state index in [1.807, 2.05) is 42.5 Å². The molecule has 0 heterocycles. The van der Waals surface area contributed by atoms with Gasteiger partial charge in [0.15, 0.2) is 0 Å². The van der Waals surface area contributed by atoms with Crippen LogP contribution < -0.4 is 5.73 Å². The summed E-state index contributed by atoms with van der Waals surface area (Å²) in [5, 5.41) is 0. The van der Waals surface area contributed by atoms with Gasteiger partial charge >= 0.3 is 0 Å². The Morgan fingerprint density at radius 3 is 2.40 bits per heavy atom. The van der Waals surface area contributed by atoms with E-state index >= 15 is 0 Å². The highest BCUT2D eigenvalue weighted by Gasteiger charge is 2.34. The standard InChI is InChI=1S/C21H26N2O.ClH/c1-16(18-11-12-18)23(15-17-7-3-2-4-8-17)21(24)14-13-19-9-5-6-10-20(19)22;/h2-10,16,18H,11-15,22H2,1H3;1H. The fraction of sp³-hybridized carbons (Fsp3) is 0.381. The van der Waals surface area contributed by atoms with Crippen molar-refractivity contribution in [1.29, 1.82) is 0 Å². The molecule has 134 valence electrons. The third-order valence-electron chi connectivity index (χ3n) is 4.98. The van der Waals surface area contributed by atoms with E-state index in [0.29, 0.717) is 31.3 Å². The number of benzene rings is 2. The Kier molecular flexibility index (Phi) is 6.89. The van der Waals surface area contributed by atoms with Crippen molar-refractivity contribution in [3.63, 3.8) is 0 Å². The Labute approximate surface area is 156 Å². The lowest BCUT2D eigenvalue weighted by molar-refractivity contribution is -0.134. The maximum atomic E-state index is 12.9. The van der Waals surface area contributed by atoms with E-state index in [4.69, 9.17) is 5.73 Å². The number of rotatable bonds is 7. The van der Waals surface area contributed by atoms with Crippen molar-refractivity contribution in [2.75, 3.05) is 5.73 Å². The summed E-state index contributed by atoms with van der Waals surface area (Å²) in [6.07, 6.45) is 3.70. The third-order valence-corrected chi connectivity index (χ3v) is 4.98. The maximum Gasteiger partial charge on any atom is 0.223 e. The second-order valence-electron chi connectivity index (χ2n) is 6.78. The summed E-state index contributed by atoms with van der Waals surface area (Å²) >= 11 is 0. The van der Waals surface area contributed by atoms with E-state index in [0.717, 1.165) is 11.3 Å². The highest BCUT2D eigenvalue weighted by atomic mass is 35.5. The number of nitrogens with zero attached hydrogens (tertiary/aromatic N) is 1. The van der Waals surface area contributed by atoms with Gasteiger partial charge in [-0.3, -0.25) is 4.79 Å². The summed E-state index contributed by atoms with van der Waals surface area (Å²) in [5.74, 6) is 0.890. The van der Waals surface area contributed by atoms with Crippen LogP contribution in [0.5, 0.6) is 0 Å². The van der Waals surface area contributed by atoms with Gasteiger partial charge in [-0.2, -0.15) is 0 Å². The molecule has 1 atom stereocenters. The lowest BCUT2D eigenvalue weighted by atomic mass is 10.1. The van der Waals surface area contributed by atoms with Crippen LogP contribution in [0.1, 0.15) is 37.3 Å². The minimum atomic E-state index is 0. The van der Waals surface area contributed by atoms with Crippen LogP contribution in [0.4, 0.5) is 5.69 Å². The Morgan fingerprint density at radius 1 is 1.12 bits per heavy atom. The average Bonchev–Trinajstić information content (AvgIpc) is 3.44. The van der Waals surface area contributed by atoms with E-state index < -0.39 is 0 Å². The average molecular weight is 359 g/mol. The third kappa shape index (κ3) is 5.23. The van der Waals surface area contributed by atoms with E-state index in [-0.39, 0.29) is 18.3 Å². The second kappa shape index (κ2) is 8.91. The lowest BCUT2D eigenvalue weighted by Crippen LogP contribution is -2.39. The van der Waals surface area contributed by atoms with Crippen molar-refractivity contribution in [3.8, 4) is 0 Å². The summed E-state index contributed by atoms with van der Waals surface area (Å²) < 4.78 is 0. The van der Waals surface area contributed by atoms with Gasteiger partial charge in [0.1, 0.15) is 0 Å². The summed E-state index contributed by atoms with van der Waals surface area (Å²) in [7, 11) is 0. The van der Waals surface area contributed by atoms with Gasteiger partial charge < -0.3 is 10.6 Å². The first-order valence-electron chi connectivity index (χ1n) is 8.82. The van der Waals surface area contributed by atoms with Crippen LogP contribution in [0, 0.1) is 5.92 Å². The fourth-order valence-corrected chi connectivity index (χ4v) is 3.22. The Balaban J connectivity index is 0.00000225. The quantitative estimate of drug-likeness (QED) is 0.743. The number of aryl methyl sites for hydroxylation is 1. The highest BCUT2D eigenvalue weighted by molar-refractivity contribution is 5.85. The number of para-hydroxylation sites is 1. The topological polar surface area (TPSA) is 46.3 Å². The number of halogens is 1. The maximum absolute atomic E-state index is 12.9.